The van der Waals surface area contributed by atoms with Crippen LogP contribution in [0.2, 0.25) is 0 Å². The van der Waals surface area contributed by atoms with Gasteiger partial charge in [-0.05, 0) is 40.4 Å². The van der Waals surface area contributed by atoms with Gasteiger partial charge in [-0.3, -0.25) is 4.98 Å². The van der Waals surface area contributed by atoms with E-state index in [1.54, 1.807) is 6.20 Å². The van der Waals surface area contributed by atoms with Crippen LogP contribution in [-0.2, 0) is 0 Å². The van der Waals surface area contributed by atoms with Crippen LogP contribution in [-0.4, -0.2) is 10.1 Å². The molecule has 1 aliphatic carbocycles. The number of hydrogen-bond acceptors (Lipinski definition) is 2. The summed E-state index contributed by atoms with van der Waals surface area (Å²) in [5.74, 6) is 0.737. The van der Waals surface area contributed by atoms with Crippen LogP contribution >= 0.6 is 15.9 Å². The Balaban J connectivity index is 2.01. The molecule has 1 aromatic heterocycles. The lowest BCUT2D eigenvalue weighted by molar-refractivity contribution is 0.155. The Morgan fingerprint density at radius 2 is 2.31 bits per heavy atom. The van der Waals surface area contributed by atoms with Crippen molar-refractivity contribution in [3.05, 3.63) is 28.5 Å². The molecule has 13 heavy (non-hydrogen) atoms. The lowest BCUT2D eigenvalue weighted by atomic mass is 10.1. The zero-order chi connectivity index (χ0) is 9.26. The number of hydrogen-bond donors (Lipinski definition) is 1. The minimum atomic E-state index is -0.374. The number of aliphatic hydroxyl groups excluding tert-OH is 1. The number of rotatable bonds is 3. The molecule has 1 saturated carbocycles. The molecule has 1 heterocycles. The van der Waals surface area contributed by atoms with Gasteiger partial charge in [0.25, 0.3) is 0 Å². The highest BCUT2D eigenvalue weighted by atomic mass is 79.9. The van der Waals surface area contributed by atoms with E-state index in [0.29, 0.717) is 0 Å². The molecule has 1 unspecified atom stereocenters. The van der Waals surface area contributed by atoms with Crippen LogP contribution in [0.15, 0.2) is 22.8 Å². The van der Waals surface area contributed by atoms with Crippen LogP contribution in [0.5, 0.6) is 0 Å². The summed E-state index contributed by atoms with van der Waals surface area (Å²) in [7, 11) is 0. The normalized spacial score (nSPS) is 18.6. The summed E-state index contributed by atoms with van der Waals surface area (Å²) >= 11 is 3.31. The summed E-state index contributed by atoms with van der Waals surface area (Å²) in [6, 6.07) is 3.79. The lowest BCUT2D eigenvalue weighted by Crippen LogP contribution is -2.00. The van der Waals surface area contributed by atoms with Crippen molar-refractivity contribution >= 4 is 15.9 Å². The van der Waals surface area contributed by atoms with Gasteiger partial charge in [-0.1, -0.05) is 12.8 Å². The molecule has 1 atom stereocenters. The van der Waals surface area contributed by atoms with Crippen LogP contribution in [0.25, 0.3) is 0 Å². The van der Waals surface area contributed by atoms with Gasteiger partial charge in [0.1, 0.15) is 0 Å². The van der Waals surface area contributed by atoms with Crippen LogP contribution < -0.4 is 0 Å². The molecule has 0 spiro atoms. The molecule has 3 heteroatoms. The monoisotopic (exact) mass is 241 g/mol. The third kappa shape index (κ3) is 2.51. The van der Waals surface area contributed by atoms with Crippen LogP contribution in [0.1, 0.15) is 31.1 Å². The summed E-state index contributed by atoms with van der Waals surface area (Å²) in [4.78, 5) is 4.16. The van der Waals surface area contributed by atoms with E-state index in [2.05, 4.69) is 20.9 Å². The molecule has 0 aromatic carbocycles. The fourth-order valence-electron chi connectivity index (χ4n) is 1.37. The average molecular weight is 242 g/mol. The van der Waals surface area contributed by atoms with Gasteiger partial charge < -0.3 is 5.11 Å². The van der Waals surface area contributed by atoms with Gasteiger partial charge in [0.15, 0.2) is 0 Å². The highest BCUT2D eigenvalue weighted by Gasteiger charge is 2.25. The summed E-state index contributed by atoms with van der Waals surface area (Å²) in [5, 5.41) is 9.74. The minimum absolute atomic E-state index is 0.374. The third-order valence-electron chi connectivity index (χ3n) is 2.35. The van der Waals surface area contributed by atoms with Gasteiger partial charge >= 0.3 is 0 Å². The molecule has 2 nitrogen and oxygen atoms in total. The summed E-state index contributed by atoms with van der Waals surface area (Å²) in [5.41, 5.74) is 0.787. The van der Waals surface area contributed by atoms with Crippen LogP contribution in [0.3, 0.4) is 0 Å². The molecule has 0 amide bonds. The Bertz CT molecular complexity index is 281. The first-order valence-corrected chi connectivity index (χ1v) is 5.34. The van der Waals surface area contributed by atoms with E-state index < -0.39 is 0 Å². The molecule has 1 aliphatic rings. The number of aliphatic hydroxyl groups is 1. The number of pyridine rings is 1. The predicted molar refractivity (Wildman–Crippen MR) is 54.2 cm³/mol. The van der Waals surface area contributed by atoms with Gasteiger partial charge in [0.05, 0.1) is 11.8 Å². The molecule has 0 radical (unpaired) electrons. The highest BCUT2D eigenvalue weighted by Crippen LogP contribution is 2.37. The fraction of sp³-hybridized carbons (Fsp3) is 0.500. The SMILES string of the molecule is OC(CC1CC1)c1ccc(Br)cn1. The van der Waals surface area contributed by atoms with E-state index in [9.17, 15) is 5.11 Å². The summed E-state index contributed by atoms with van der Waals surface area (Å²) in [6.45, 7) is 0. The second-order valence-electron chi connectivity index (χ2n) is 3.60. The Labute approximate surface area is 86.1 Å². The van der Waals surface area contributed by atoms with Crippen molar-refractivity contribution in [2.24, 2.45) is 5.92 Å². The highest BCUT2D eigenvalue weighted by molar-refractivity contribution is 9.10. The Morgan fingerprint density at radius 1 is 1.54 bits per heavy atom. The van der Waals surface area contributed by atoms with Gasteiger partial charge in [-0.25, -0.2) is 0 Å². The maximum absolute atomic E-state index is 9.74. The van der Waals surface area contributed by atoms with Crippen molar-refractivity contribution in [2.45, 2.75) is 25.4 Å². The van der Waals surface area contributed by atoms with E-state index in [0.717, 1.165) is 22.5 Å². The molecule has 0 aliphatic heterocycles. The largest absolute Gasteiger partial charge is 0.387 e. The zero-order valence-electron chi connectivity index (χ0n) is 7.28. The molecule has 0 bridgehead atoms. The van der Waals surface area contributed by atoms with E-state index in [4.69, 9.17) is 0 Å². The molecular weight excluding hydrogens is 230 g/mol. The van der Waals surface area contributed by atoms with Crippen molar-refractivity contribution in [2.75, 3.05) is 0 Å². The van der Waals surface area contributed by atoms with Crippen molar-refractivity contribution in [3.63, 3.8) is 0 Å². The van der Waals surface area contributed by atoms with Crippen molar-refractivity contribution in [3.8, 4) is 0 Å². The maximum Gasteiger partial charge on any atom is 0.0962 e. The van der Waals surface area contributed by atoms with Crippen LogP contribution in [0, 0.1) is 5.92 Å². The number of aromatic nitrogens is 1. The second-order valence-corrected chi connectivity index (χ2v) is 4.51. The van der Waals surface area contributed by atoms with E-state index in [1.165, 1.54) is 12.8 Å². The average Bonchev–Trinajstić information content (AvgIpc) is 2.89. The van der Waals surface area contributed by atoms with Crippen LogP contribution in [0.4, 0.5) is 0 Å². The first-order valence-electron chi connectivity index (χ1n) is 4.55. The minimum Gasteiger partial charge on any atom is -0.387 e. The Morgan fingerprint density at radius 3 is 2.85 bits per heavy atom. The molecule has 1 N–H and O–H groups in total. The molecule has 1 aromatic rings. The maximum atomic E-state index is 9.74. The van der Waals surface area contributed by atoms with Crippen molar-refractivity contribution in [1.82, 2.24) is 4.98 Å². The molecular formula is C10H12BrNO. The predicted octanol–water partition coefficient (Wildman–Crippen LogP) is 2.68. The first kappa shape index (κ1) is 9.16. The van der Waals surface area contributed by atoms with Gasteiger partial charge in [-0.15, -0.1) is 0 Å². The summed E-state index contributed by atoms with van der Waals surface area (Å²) in [6.07, 6.45) is 4.77. The fourth-order valence-corrected chi connectivity index (χ4v) is 1.61. The van der Waals surface area contributed by atoms with E-state index in [-0.39, 0.29) is 6.10 Å². The third-order valence-corrected chi connectivity index (χ3v) is 2.81. The quantitative estimate of drug-likeness (QED) is 0.883. The second kappa shape index (κ2) is 3.76. The smallest absolute Gasteiger partial charge is 0.0962 e. The van der Waals surface area contributed by atoms with Crippen molar-refractivity contribution in [1.29, 1.82) is 0 Å². The topological polar surface area (TPSA) is 33.1 Å². The molecule has 0 saturated heterocycles. The summed E-state index contributed by atoms with van der Waals surface area (Å²) < 4.78 is 0.954. The number of nitrogens with zero attached hydrogens (tertiary/aromatic N) is 1. The zero-order valence-corrected chi connectivity index (χ0v) is 8.87. The Kier molecular flexibility index (Phi) is 2.65. The van der Waals surface area contributed by atoms with E-state index in [1.807, 2.05) is 12.1 Å². The molecule has 1 fully saturated rings. The Hall–Kier alpha value is -0.410. The van der Waals surface area contributed by atoms with Gasteiger partial charge in [0, 0.05) is 10.7 Å². The van der Waals surface area contributed by atoms with Gasteiger partial charge in [0.2, 0.25) is 0 Å². The molecule has 70 valence electrons. The van der Waals surface area contributed by atoms with E-state index >= 15 is 0 Å². The first-order chi connectivity index (χ1) is 6.25. The number of halogens is 1. The van der Waals surface area contributed by atoms with Crippen molar-refractivity contribution < 1.29 is 5.11 Å². The standard InChI is InChI=1S/C10H12BrNO/c11-8-3-4-9(12-6-8)10(13)5-7-1-2-7/h3-4,6-7,10,13H,1-2,5H2. The van der Waals surface area contributed by atoms with Gasteiger partial charge in [-0.2, -0.15) is 0 Å². The molecule has 2 rings (SSSR count). The lowest BCUT2D eigenvalue weighted by Gasteiger charge is -2.08.